The van der Waals surface area contributed by atoms with Crippen molar-refractivity contribution < 1.29 is 28.9 Å². The van der Waals surface area contributed by atoms with Gasteiger partial charge in [0.25, 0.3) is 0 Å². The van der Waals surface area contributed by atoms with E-state index < -0.39 is 8.07 Å². The lowest BCUT2D eigenvalue weighted by atomic mass is 9.85. The van der Waals surface area contributed by atoms with Gasteiger partial charge in [-0.15, -0.1) is 0 Å². The number of anilines is 1. The lowest BCUT2D eigenvalue weighted by Crippen LogP contribution is -2.56. The van der Waals surface area contributed by atoms with E-state index in [-0.39, 0.29) is 48.1 Å². The van der Waals surface area contributed by atoms with Crippen molar-refractivity contribution in [2.24, 2.45) is 5.92 Å². The second-order valence-electron chi connectivity index (χ2n) is 13.2. The molecule has 1 unspecified atom stereocenters. The van der Waals surface area contributed by atoms with Gasteiger partial charge in [-0.2, -0.15) is 0 Å². The van der Waals surface area contributed by atoms with E-state index in [1.54, 1.807) is 19.1 Å². The molecule has 238 valence electrons. The lowest BCUT2D eigenvalue weighted by molar-refractivity contribution is -0.136. The second kappa shape index (κ2) is 12.6. The summed E-state index contributed by atoms with van der Waals surface area (Å²) in [5, 5.41) is 11.6. The van der Waals surface area contributed by atoms with E-state index in [9.17, 15) is 14.7 Å². The summed E-state index contributed by atoms with van der Waals surface area (Å²) in [5.74, 6) is 1.62. The standard InChI is InChI=1S/C36H44N2O6Si/c1-23-35(43-3)30-19-26(37-17-16-33(37)40)10-15-31(30)44-36(23)32(45(4,5)29-13-11-28(42-2)12-14-29)20-34(41)38-21-25-9-7-6-8-24(25)18-27(38)22-39/h6-15,19,23,27,32,35-36,39H,16-18,20-22H2,1-5H3/t23-,27-,32?,35-,36-/m0/s1. The number of aliphatic hydroxyl groups is 1. The van der Waals surface area contributed by atoms with Crippen LogP contribution in [0.4, 0.5) is 5.69 Å². The highest BCUT2D eigenvalue weighted by atomic mass is 28.3. The number of fused-ring (bicyclic) bond motifs is 2. The first-order valence-corrected chi connectivity index (χ1v) is 19.0. The quantitative estimate of drug-likeness (QED) is 0.270. The molecule has 3 aromatic carbocycles. The predicted octanol–water partition coefficient (Wildman–Crippen LogP) is 4.84. The van der Waals surface area contributed by atoms with Crippen LogP contribution >= 0.6 is 0 Å². The van der Waals surface area contributed by atoms with Crippen molar-refractivity contribution in [1.29, 1.82) is 0 Å². The number of carbonyl (C=O) groups is 2. The molecule has 9 heteroatoms. The molecule has 0 aliphatic carbocycles. The Balaban J connectivity index is 1.36. The monoisotopic (exact) mass is 628 g/mol. The van der Waals surface area contributed by atoms with E-state index in [1.165, 1.54) is 10.8 Å². The number of hydrogen-bond donors (Lipinski definition) is 1. The van der Waals surface area contributed by atoms with Crippen molar-refractivity contribution in [2.75, 3.05) is 32.3 Å². The molecule has 5 atom stereocenters. The van der Waals surface area contributed by atoms with Gasteiger partial charge in [0, 0.05) is 55.8 Å². The topological polar surface area (TPSA) is 88.5 Å². The zero-order valence-corrected chi connectivity index (χ0v) is 27.9. The maximum Gasteiger partial charge on any atom is 0.228 e. The van der Waals surface area contributed by atoms with Crippen LogP contribution in [-0.2, 0) is 27.3 Å². The van der Waals surface area contributed by atoms with Crippen LogP contribution in [0.2, 0.25) is 18.6 Å². The number of ether oxygens (including phenoxy) is 3. The first-order valence-electron chi connectivity index (χ1n) is 15.9. The zero-order valence-electron chi connectivity index (χ0n) is 26.9. The smallest absolute Gasteiger partial charge is 0.228 e. The molecule has 8 nitrogen and oxygen atoms in total. The molecular formula is C36H44N2O6Si. The number of β-lactam (4-membered cyclic amide) rings is 1. The van der Waals surface area contributed by atoms with E-state index in [4.69, 9.17) is 14.2 Å². The molecule has 0 saturated carbocycles. The van der Waals surface area contributed by atoms with Crippen LogP contribution < -0.4 is 19.6 Å². The first-order chi connectivity index (χ1) is 21.7. The van der Waals surface area contributed by atoms with Gasteiger partial charge in [-0.05, 0) is 47.9 Å². The van der Waals surface area contributed by atoms with Crippen LogP contribution in [0.15, 0.2) is 66.7 Å². The van der Waals surface area contributed by atoms with Gasteiger partial charge in [-0.25, -0.2) is 0 Å². The third-order valence-electron chi connectivity index (χ3n) is 10.4. The van der Waals surface area contributed by atoms with Gasteiger partial charge >= 0.3 is 0 Å². The van der Waals surface area contributed by atoms with E-state index >= 15 is 0 Å². The second-order valence-corrected chi connectivity index (χ2v) is 18.0. The number of amides is 2. The summed E-state index contributed by atoms with van der Waals surface area (Å²) in [5.41, 5.74) is 4.01. The molecule has 0 spiro atoms. The Hall–Kier alpha value is -3.66. The van der Waals surface area contributed by atoms with Gasteiger partial charge in [-0.3, -0.25) is 9.59 Å². The average molecular weight is 629 g/mol. The summed E-state index contributed by atoms with van der Waals surface area (Å²) in [4.78, 5) is 30.3. The highest BCUT2D eigenvalue weighted by Crippen LogP contribution is 2.48. The average Bonchev–Trinajstić information content (AvgIpc) is 3.05. The minimum atomic E-state index is -2.40. The van der Waals surface area contributed by atoms with Crippen molar-refractivity contribution in [3.05, 3.63) is 83.4 Å². The molecule has 0 bridgehead atoms. The van der Waals surface area contributed by atoms with Crippen molar-refractivity contribution in [1.82, 2.24) is 4.90 Å². The minimum absolute atomic E-state index is 0.0323. The van der Waals surface area contributed by atoms with Crippen LogP contribution in [0.1, 0.15) is 42.6 Å². The van der Waals surface area contributed by atoms with Crippen molar-refractivity contribution >= 4 is 30.8 Å². The van der Waals surface area contributed by atoms with Gasteiger partial charge in [0.15, 0.2) is 0 Å². The highest BCUT2D eigenvalue weighted by Gasteiger charge is 2.49. The Morgan fingerprint density at radius 2 is 1.80 bits per heavy atom. The van der Waals surface area contributed by atoms with Gasteiger partial charge in [0.2, 0.25) is 11.8 Å². The largest absolute Gasteiger partial charge is 0.497 e. The Morgan fingerprint density at radius 3 is 2.42 bits per heavy atom. The summed E-state index contributed by atoms with van der Waals surface area (Å²) in [7, 11) is 0.982. The Bertz CT molecular complexity index is 1560. The number of hydrogen-bond acceptors (Lipinski definition) is 6. The number of methoxy groups -OCH3 is 2. The number of nitrogens with zero attached hydrogens (tertiary/aromatic N) is 2. The number of aliphatic hydroxyl groups excluding tert-OH is 1. The van der Waals surface area contributed by atoms with Crippen molar-refractivity contribution in [3.63, 3.8) is 0 Å². The van der Waals surface area contributed by atoms with Gasteiger partial charge in [-0.1, -0.05) is 61.6 Å². The Kier molecular flexibility index (Phi) is 8.78. The molecule has 1 N–H and O–H groups in total. The number of benzene rings is 3. The molecule has 0 radical (unpaired) electrons. The molecule has 3 aromatic rings. The van der Waals surface area contributed by atoms with Crippen LogP contribution in [0.3, 0.4) is 0 Å². The summed E-state index contributed by atoms with van der Waals surface area (Å²) < 4.78 is 18.5. The molecule has 1 fully saturated rings. The number of rotatable bonds is 9. The fourth-order valence-electron chi connectivity index (χ4n) is 7.49. The van der Waals surface area contributed by atoms with Crippen molar-refractivity contribution in [3.8, 4) is 11.5 Å². The molecule has 45 heavy (non-hydrogen) atoms. The summed E-state index contributed by atoms with van der Waals surface area (Å²) in [6.45, 7) is 7.89. The normalized spacial score (nSPS) is 23.4. The molecule has 3 heterocycles. The van der Waals surface area contributed by atoms with Gasteiger partial charge in [0.1, 0.15) is 17.6 Å². The van der Waals surface area contributed by atoms with E-state index in [2.05, 4.69) is 44.3 Å². The molecule has 6 rings (SSSR count). The predicted molar refractivity (Wildman–Crippen MR) is 177 cm³/mol. The molecule has 0 aromatic heterocycles. The SMILES string of the molecule is COc1ccc([Si](C)(C)C(CC(=O)N2Cc3ccccc3C[C@H]2CO)[C@H]2Oc3ccc(N4CCC4=O)cc3[C@@H](OC)[C@@H]2C)cc1. The lowest BCUT2D eigenvalue weighted by Gasteiger charge is -2.46. The summed E-state index contributed by atoms with van der Waals surface area (Å²) in [6.07, 6.45) is 0.946. The fraction of sp³-hybridized carbons (Fsp3) is 0.444. The van der Waals surface area contributed by atoms with Crippen LogP contribution in [-0.4, -0.2) is 69.4 Å². The molecule has 1 saturated heterocycles. The third kappa shape index (κ3) is 5.77. The maximum atomic E-state index is 14.4. The molecule has 3 aliphatic rings. The Labute approximate surface area is 266 Å². The highest BCUT2D eigenvalue weighted by molar-refractivity contribution is 6.91. The molecule has 2 amide bonds. The van der Waals surface area contributed by atoms with Gasteiger partial charge < -0.3 is 29.1 Å². The minimum Gasteiger partial charge on any atom is -0.497 e. The Morgan fingerprint density at radius 1 is 1.07 bits per heavy atom. The van der Waals surface area contributed by atoms with E-state index in [0.717, 1.165) is 34.9 Å². The van der Waals surface area contributed by atoms with Gasteiger partial charge in [0.05, 0.1) is 33.9 Å². The summed E-state index contributed by atoms with van der Waals surface area (Å²) >= 11 is 0. The maximum absolute atomic E-state index is 14.4. The zero-order chi connectivity index (χ0) is 31.9. The van der Waals surface area contributed by atoms with Crippen LogP contribution in [0, 0.1) is 5.92 Å². The third-order valence-corrected chi connectivity index (χ3v) is 14.6. The van der Waals surface area contributed by atoms with E-state index in [0.29, 0.717) is 25.8 Å². The fourth-order valence-corrected chi connectivity index (χ4v) is 10.8. The molecule has 3 aliphatic heterocycles. The van der Waals surface area contributed by atoms with Crippen LogP contribution in [0.25, 0.3) is 0 Å². The molecular weight excluding hydrogens is 584 g/mol. The summed E-state index contributed by atoms with van der Waals surface area (Å²) in [6, 6.07) is 22.1. The first kappa shape index (κ1) is 31.3. The van der Waals surface area contributed by atoms with Crippen molar-refractivity contribution in [2.45, 2.75) is 69.6 Å². The van der Waals surface area contributed by atoms with Crippen LogP contribution in [0.5, 0.6) is 11.5 Å². The number of carbonyl (C=O) groups excluding carboxylic acids is 2. The van der Waals surface area contributed by atoms with E-state index in [1.807, 2.05) is 47.4 Å².